The molecule has 0 bridgehead atoms. The van der Waals surface area contributed by atoms with Gasteiger partial charge in [-0.25, -0.2) is 0 Å². The van der Waals surface area contributed by atoms with Crippen molar-refractivity contribution in [3.05, 3.63) is 54.6 Å². The molecule has 0 aliphatic carbocycles. The summed E-state index contributed by atoms with van der Waals surface area (Å²) in [6.07, 6.45) is 6.04. The molecule has 0 atom stereocenters. The molecular weight excluding hydrogens is 188 g/mol. The van der Waals surface area contributed by atoms with Gasteiger partial charge in [0, 0.05) is 24.5 Å². The molecule has 76 valence electrons. The molecule has 0 spiro atoms. The third-order valence-electron chi connectivity index (χ3n) is 1.99. The number of hydrogen-bond acceptors (Lipinski definition) is 3. The minimum Gasteiger partial charge on any atom is -0.492 e. The summed E-state index contributed by atoms with van der Waals surface area (Å²) >= 11 is 0. The predicted octanol–water partition coefficient (Wildman–Crippen LogP) is 2.10. The van der Waals surface area contributed by atoms with Crippen molar-refractivity contribution in [1.29, 1.82) is 0 Å². The van der Waals surface area contributed by atoms with Gasteiger partial charge in [0.25, 0.3) is 0 Å². The van der Waals surface area contributed by atoms with Gasteiger partial charge in [-0.05, 0) is 24.3 Å². The summed E-state index contributed by atoms with van der Waals surface area (Å²) in [5.41, 5.74) is 1.04. The minimum absolute atomic E-state index is 0.628. The fraction of sp³-hybridized carbons (Fsp3) is 0.167. The van der Waals surface area contributed by atoms with E-state index >= 15 is 0 Å². The molecule has 0 fully saturated rings. The van der Waals surface area contributed by atoms with Crippen molar-refractivity contribution >= 4 is 0 Å². The van der Waals surface area contributed by atoms with Gasteiger partial charge in [0.15, 0.2) is 0 Å². The van der Waals surface area contributed by atoms with E-state index < -0.39 is 0 Å². The van der Waals surface area contributed by atoms with Crippen LogP contribution >= 0.6 is 0 Å². The zero-order valence-electron chi connectivity index (χ0n) is 8.34. The molecule has 0 N–H and O–H groups in total. The Balaban J connectivity index is 1.81. The minimum atomic E-state index is 0.628. The summed E-state index contributed by atoms with van der Waals surface area (Å²) in [5.74, 6) is 0.799. The Morgan fingerprint density at radius 3 is 2.80 bits per heavy atom. The van der Waals surface area contributed by atoms with Crippen LogP contribution in [0.4, 0.5) is 0 Å². The van der Waals surface area contributed by atoms with Crippen LogP contribution in [0, 0.1) is 0 Å². The van der Waals surface area contributed by atoms with E-state index in [4.69, 9.17) is 4.74 Å². The van der Waals surface area contributed by atoms with E-state index in [0.717, 1.165) is 17.9 Å². The molecule has 0 unspecified atom stereocenters. The SMILES string of the molecule is c1ccc(CCOc2cccnc2)nc1. The average molecular weight is 200 g/mol. The topological polar surface area (TPSA) is 35.0 Å². The molecule has 0 aromatic carbocycles. The first kappa shape index (κ1) is 9.65. The van der Waals surface area contributed by atoms with Gasteiger partial charge >= 0.3 is 0 Å². The molecule has 0 radical (unpaired) electrons. The lowest BCUT2D eigenvalue weighted by atomic mass is 10.3. The van der Waals surface area contributed by atoms with Gasteiger partial charge < -0.3 is 4.74 Å². The largest absolute Gasteiger partial charge is 0.492 e. The Labute approximate surface area is 88.8 Å². The van der Waals surface area contributed by atoms with E-state index in [1.807, 2.05) is 30.3 Å². The van der Waals surface area contributed by atoms with Gasteiger partial charge in [-0.1, -0.05) is 6.07 Å². The van der Waals surface area contributed by atoms with Crippen LogP contribution in [0.2, 0.25) is 0 Å². The molecule has 3 nitrogen and oxygen atoms in total. The first-order valence-electron chi connectivity index (χ1n) is 4.88. The molecule has 15 heavy (non-hydrogen) atoms. The molecular formula is C12H12N2O. The van der Waals surface area contributed by atoms with E-state index in [1.165, 1.54) is 0 Å². The zero-order valence-corrected chi connectivity index (χ0v) is 8.34. The van der Waals surface area contributed by atoms with Crippen LogP contribution in [0.15, 0.2) is 48.9 Å². The fourth-order valence-corrected chi connectivity index (χ4v) is 1.25. The average Bonchev–Trinajstić information content (AvgIpc) is 2.32. The molecule has 0 amide bonds. The van der Waals surface area contributed by atoms with Crippen LogP contribution in [0.5, 0.6) is 5.75 Å². The second kappa shape index (κ2) is 5.10. The molecule has 0 saturated heterocycles. The maximum absolute atomic E-state index is 5.51. The second-order valence-electron chi connectivity index (χ2n) is 3.11. The lowest BCUT2D eigenvalue weighted by molar-refractivity contribution is 0.319. The normalized spacial score (nSPS) is 9.87. The highest BCUT2D eigenvalue weighted by atomic mass is 16.5. The third-order valence-corrected chi connectivity index (χ3v) is 1.99. The summed E-state index contributed by atoms with van der Waals surface area (Å²) in [7, 11) is 0. The van der Waals surface area contributed by atoms with Crippen LogP contribution in [-0.4, -0.2) is 16.6 Å². The first-order valence-corrected chi connectivity index (χ1v) is 4.88. The lowest BCUT2D eigenvalue weighted by Gasteiger charge is -2.04. The van der Waals surface area contributed by atoms with Crippen LogP contribution in [0.3, 0.4) is 0 Å². The summed E-state index contributed by atoms with van der Waals surface area (Å²) in [6, 6.07) is 9.63. The molecule has 0 aliphatic rings. The van der Waals surface area contributed by atoms with Crippen molar-refractivity contribution in [2.24, 2.45) is 0 Å². The van der Waals surface area contributed by atoms with Crippen LogP contribution in [0.25, 0.3) is 0 Å². The van der Waals surface area contributed by atoms with Crippen LogP contribution in [-0.2, 0) is 6.42 Å². The van der Waals surface area contributed by atoms with Gasteiger partial charge in [0.2, 0.25) is 0 Å². The third kappa shape index (κ3) is 3.06. The molecule has 2 aromatic rings. The maximum atomic E-state index is 5.51. The molecule has 0 saturated carbocycles. The number of pyridine rings is 2. The number of rotatable bonds is 4. The van der Waals surface area contributed by atoms with Crippen molar-refractivity contribution in [3.8, 4) is 5.75 Å². The van der Waals surface area contributed by atoms with E-state index in [2.05, 4.69) is 9.97 Å². The van der Waals surface area contributed by atoms with Gasteiger partial charge in [-0.3, -0.25) is 9.97 Å². The van der Waals surface area contributed by atoms with E-state index in [9.17, 15) is 0 Å². The van der Waals surface area contributed by atoms with Crippen molar-refractivity contribution in [2.45, 2.75) is 6.42 Å². The van der Waals surface area contributed by atoms with Gasteiger partial charge in [-0.15, -0.1) is 0 Å². The van der Waals surface area contributed by atoms with Crippen molar-refractivity contribution in [2.75, 3.05) is 6.61 Å². The smallest absolute Gasteiger partial charge is 0.137 e. The fourth-order valence-electron chi connectivity index (χ4n) is 1.25. The molecule has 2 rings (SSSR count). The standard InChI is InChI=1S/C12H12N2O/c1-2-8-14-11(4-1)6-9-15-12-5-3-7-13-10-12/h1-5,7-8,10H,6,9H2. The lowest BCUT2D eigenvalue weighted by Crippen LogP contribution is -2.02. The monoisotopic (exact) mass is 200 g/mol. The van der Waals surface area contributed by atoms with E-state index in [1.54, 1.807) is 18.6 Å². The van der Waals surface area contributed by atoms with Crippen molar-refractivity contribution in [3.63, 3.8) is 0 Å². The summed E-state index contributed by atoms with van der Waals surface area (Å²) in [4.78, 5) is 8.18. The number of hydrogen-bond donors (Lipinski definition) is 0. The highest BCUT2D eigenvalue weighted by Gasteiger charge is 1.94. The molecule has 2 aromatic heterocycles. The highest BCUT2D eigenvalue weighted by Crippen LogP contribution is 2.06. The Morgan fingerprint density at radius 2 is 2.07 bits per heavy atom. The summed E-state index contributed by atoms with van der Waals surface area (Å²) in [5, 5.41) is 0. The van der Waals surface area contributed by atoms with Crippen molar-refractivity contribution < 1.29 is 4.74 Å². The van der Waals surface area contributed by atoms with Gasteiger partial charge in [0.05, 0.1) is 12.8 Å². The highest BCUT2D eigenvalue weighted by molar-refractivity contribution is 5.15. The van der Waals surface area contributed by atoms with Gasteiger partial charge in [0.1, 0.15) is 5.75 Å². The Morgan fingerprint density at radius 1 is 1.07 bits per heavy atom. The van der Waals surface area contributed by atoms with Crippen molar-refractivity contribution in [1.82, 2.24) is 9.97 Å². The predicted molar refractivity (Wildman–Crippen MR) is 57.7 cm³/mol. The number of ether oxygens (including phenoxy) is 1. The summed E-state index contributed by atoms with van der Waals surface area (Å²) in [6.45, 7) is 0.628. The quantitative estimate of drug-likeness (QED) is 0.758. The van der Waals surface area contributed by atoms with E-state index in [-0.39, 0.29) is 0 Å². The zero-order chi connectivity index (χ0) is 10.3. The second-order valence-corrected chi connectivity index (χ2v) is 3.11. The first-order chi connectivity index (χ1) is 7.45. The molecule has 2 heterocycles. The molecule has 3 heteroatoms. The molecule has 0 aliphatic heterocycles. The van der Waals surface area contributed by atoms with Crippen LogP contribution in [0.1, 0.15) is 5.69 Å². The Kier molecular flexibility index (Phi) is 3.28. The number of nitrogens with zero attached hydrogens (tertiary/aromatic N) is 2. The Bertz CT molecular complexity index is 349. The summed E-state index contributed by atoms with van der Waals surface area (Å²) < 4.78 is 5.51. The van der Waals surface area contributed by atoms with Gasteiger partial charge in [-0.2, -0.15) is 0 Å². The Hall–Kier alpha value is -1.90. The van der Waals surface area contributed by atoms with Crippen LogP contribution < -0.4 is 4.74 Å². The maximum Gasteiger partial charge on any atom is 0.137 e. The van der Waals surface area contributed by atoms with E-state index in [0.29, 0.717) is 6.61 Å². The number of aromatic nitrogens is 2.